The van der Waals surface area contributed by atoms with Gasteiger partial charge in [0.2, 0.25) is 10.0 Å². The van der Waals surface area contributed by atoms with E-state index in [4.69, 9.17) is 11.6 Å². The lowest BCUT2D eigenvalue weighted by molar-refractivity contribution is 0.484. The Hall–Kier alpha value is 0.200. The molecule has 0 spiro atoms. The second-order valence-corrected chi connectivity index (χ2v) is 7.04. The number of alkyl halides is 1. The highest BCUT2D eigenvalue weighted by Gasteiger charge is 2.20. The summed E-state index contributed by atoms with van der Waals surface area (Å²) >= 11 is 5.50. The van der Waals surface area contributed by atoms with Gasteiger partial charge in [0.05, 0.1) is 5.75 Å². The summed E-state index contributed by atoms with van der Waals surface area (Å²) in [5, 5.41) is 0. The Labute approximate surface area is 104 Å². The highest BCUT2D eigenvalue weighted by atomic mass is 35.5. The molecular weight excluding hydrogens is 246 g/mol. The van der Waals surface area contributed by atoms with Gasteiger partial charge in [-0.15, -0.1) is 11.6 Å². The van der Waals surface area contributed by atoms with Crippen molar-refractivity contribution in [2.45, 2.75) is 51.5 Å². The number of nitrogens with one attached hydrogen (secondary N) is 1. The van der Waals surface area contributed by atoms with E-state index in [2.05, 4.69) is 11.6 Å². The third-order valence-corrected chi connectivity index (χ3v) is 4.94. The van der Waals surface area contributed by atoms with Gasteiger partial charge in [0.1, 0.15) is 0 Å². The van der Waals surface area contributed by atoms with E-state index >= 15 is 0 Å². The van der Waals surface area contributed by atoms with E-state index in [1.165, 1.54) is 6.42 Å². The summed E-state index contributed by atoms with van der Waals surface area (Å²) in [4.78, 5) is 0. The topological polar surface area (TPSA) is 46.2 Å². The zero-order chi connectivity index (χ0) is 12.0. The number of hydrogen-bond donors (Lipinski definition) is 1. The first-order valence-corrected chi connectivity index (χ1v) is 8.28. The average molecular weight is 268 g/mol. The van der Waals surface area contributed by atoms with Crippen LogP contribution in [-0.4, -0.2) is 26.1 Å². The monoisotopic (exact) mass is 267 g/mol. The maximum Gasteiger partial charge on any atom is 0.211 e. The van der Waals surface area contributed by atoms with Crippen LogP contribution in [-0.2, 0) is 10.0 Å². The van der Waals surface area contributed by atoms with Crippen LogP contribution in [0.5, 0.6) is 0 Å². The number of rotatable bonds is 5. The molecule has 5 heteroatoms. The van der Waals surface area contributed by atoms with Crippen LogP contribution >= 0.6 is 11.6 Å². The predicted molar refractivity (Wildman–Crippen MR) is 68.3 cm³/mol. The van der Waals surface area contributed by atoms with Crippen LogP contribution in [0.25, 0.3) is 0 Å². The van der Waals surface area contributed by atoms with Gasteiger partial charge in [-0.25, -0.2) is 13.1 Å². The van der Waals surface area contributed by atoms with E-state index in [-0.39, 0.29) is 11.8 Å². The SMILES string of the molecule is CC1CCCC(NS(=O)(=O)CCCCl)CC1. The molecular formula is C11H22ClNO2S. The highest BCUT2D eigenvalue weighted by Crippen LogP contribution is 2.23. The average Bonchev–Trinajstić information content (AvgIpc) is 2.40. The number of hydrogen-bond acceptors (Lipinski definition) is 2. The van der Waals surface area contributed by atoms with Crippen molar-refractivity contribution in [2.75, 3.05) is 11.6 Å². The van der Waals surface area contributed by atoms with E-state index in [0.29, 0.717) is 12.3 Å². The van der Waals surface area contributed by atoms with Crippen LogP contribution in [0.15, 0.2) is 0 Å². The van der Waals surface area contributed by atoms with Crippen LogP contribution in [0.4, 0.5) is 0 Å². The molecule has 3 nitrogen and oxygen atoms in total. The van der Waals surface area contributed by atoms with Gasteiger partial charge in [0, 0.05) is 11.9 Å². The van der Waals surface area contributed by atoms with Gasteiger partial charge in [-0.05, 0) is 31.6 Å². The van der Waals surface area contributed by atoms with Crippen molar-refractivity contribution < 1.29 is 8.42 Å². The van der Waals surface area contributed by atoms with Crippen molar-refractivity contribution in [1.29, 1.82) is 0 Å². The molecule has 1 rings (SSSR count). The fourth-order valence-corrected chi connectivity index (χ4v) is 3.84. The molecule has 0 radical (unpaired) electrons. The lowest BCUT2D eigenvalue weighted by Gasteiger charge is -2.16. The Balaban J connectivity index is 2.40. The van der Waals surface area contributed by atoms with Crippen LogP contribution in [0.1, 0.15) is 45.4 Å². The third-order valence-electron chi connectivity index (χ3n) is 3.15. The first kappa shape index (κ1) is 14.3. The smallest absolute Gasteiger partial charge is 0.211 e. The molecule has 16 heavy (non-hydrogen) atoms. The van der Waals surface area contributed by atoms with Crippen LogP contribution < -0.4 is 4.72 Å². The largest absolute Gasteiger partial charge is 0.212 e. The molecule has 0 amide bonds. The maximum absolute atomic E-state index is 11.7. The van der Waals surface area contributed by atoms with Gasteiger partial charge in [0.15, 0.2) is 0 Å². The fraction of sp³-hybridized carbons (Fsp3) is 1.00. The first-order valence-electron chi connectivity index (χ1n) is 6.09. The normalized spacial score (nSPS) is 27.6. The quantitative estimate of drug-likeness (QED) is 0.615. The molecule has 2 unspecified atom stereocenters. The Kier molecular flexibility index (Phi) is 6.08. The van der Waals surface area contributed by atoms with Gasteiger partial charge in [0.25, 0.3) is 0 Å². The molecule has 0 bridgehead atoms. The Morgan fingerprint density at radius 2 is 2.00 bits per heavy atom. The van der Waals surface area contributed by atoms with Crippen molar-refractivity contribution in [1.82, 2.24) is 4.72 Å². The summed E-state index contributed by atoms with van der Waals surface area (Å²) in [5.41, 5.74) is 0. The molecule has 0 aromatic heterocycles. The van der Waals surface area contributed by atoms with Crippen molar-refractivity contribution in [2.24, 2.45) is 5.92 Å². The zero-order valence-electron chi connectivity index (χ0n) is 9.91. The molecule has 96 valence electrons. The van der Waals surface area contributed by atoms with E-state index in [1.807, 2.05) is 0 Å². The van der Waals surface area contributed by atoms with Gasteiger partial charge in [-0.3, -0.25) is 0 Å². The fourth-order valence-electron chi connectivity index (χ4n) is 2.16. The number of halogens is 1. The minimum Gasteiger partial charge on any atom is -0.212 e. The first-order chi connectivity index (χ1) is 7.53. The van der Waals surface area contributed by atoms with Gasteiger partial charge in [-0.2, -0.15) is 0 Å². The summed E-state index contributed by atoms with van der Waals surface area (Å²) in [7, 11) is -3.11. The van der Waals surface area contributed by atoms with Crippen LogP contribution in [0, 0.1) is 5.92 Å². The van der Waals surface area contributed by atoms with Gasteiger partial charge >= 0.3 is 0 Å². The van der Waals surface area contributed by atoms with Gasteiger partial charge < -0.3 is 0 Å². The zero-order valence-corrected chi connectivity index (χ0v) is 11.5. The molecule has 0 heterocycles. The second kappa shape index (κ2) is 6.82. The number of sulfonamides is 1. The lowest BCUT2D eigenvalue weighted by Crippen LogP contribution is -2.36. The van der Waals surface area contributed by atoms with E-state index in [1.54, 1.807) is 0 Å². The van der Waals surface area contributed by atoms with Crippen molar-refractivity contribution in [3.8, 4) is 0 Å². The molecule has 2 atom stereocenters. The van der Waals surface area contributed by atoms with Crippen LogP contribution in [0.3, 0.4) is 0 Å². The molecule has 0 aliphatic heterocycles. The van der Waals surface area contributed by atoms with Gasteiger partial charge in [-0.1, -0.05) is 19.8 Å². The van der Waals surface area contributed by atoms with E-state index in [9.17, 15) is 8.42 Å². The minimum absolute atomic E-state index is 0.144. The van der Waals surface area contributed by atoms with Crippen molar-refractivity contribution in [3.05, 3.63) is 0 Å². The maximum atomic E-state index is 11.7. The van der Waals surface area contributed by atoms with E-state index < -0.39 is 10.0 Å². The Bertz CT molecular complexity index is 292. The Morgan fingerprint density at radius 3 is 2.69 bits per heavy atom. The standard InChI is InChI=1S/C11H22ClNO2S/c1-10-4-2-5-11(7-6-10)13-16(14,15)9-3-8-12/h10-11,13H,2-9H2,1H3. The van der Waals surface area contributed by atoms with Crippen molar-refractivity contribution >= 4 is 21.6 Å². The molecule has 0 saturated heterocycles. The van der Waals surface area contributed by atoms with E-state index in [0.717, 1.165) is 31.6 Å². The summed E-state index contributed by atoms with van der Waals surface area (Å²) in [6.45, 7) is 2.24. The predicted octanol–water partition coefficient (Wildman–Crippen LogP) is 2.50. The molecule has 0 aromatic carbocycles. The lowest BCUT2D eigenvalue weighted by atomic mass is 10.0. The molecule has 1 fully saturated rings. The third kappa shape index (κ3) is 5.51. The Morgan fingerprint density at radius 1 is 1.25 bits per heavy atom. The highest BCUT2D eigenvalue weighted by molar-refractivity contribution is 7.89. The molecule has 1 N–H and O–H groups in total. The molecule has 1 saturated carbocycles. The summed E-state index contributed by atoms with van der Waals surface area (Å²) < 4.78 is 26.2. The summed E-state index contributed by atoms with van der Waals surface area (Å²) in [5.74, 6) is 1.29. The summed E-state index contributed by atoms with van der Waals surface area (Å²) in [6.07, 6.45) is 5.96. The second-order valence-electron chi connectivity index (χ2n) is 4.79. The molecule has 1 aliphatic carbocycles. The molecule has 0 aromatic rings. The minimum atomic E-state index is -3.11. The van der Waals surface area contributed by atoms with Crippen molar-refractivity contribution in [3.63, 3.8) is 0 Å². The van der Waals surface area contributed by atoms with Crippen LogP contribution in [0.2, 0.25) is 0 Å². The molecule has 1 aliphatic rings. The summed E-state index contributed by atoms with van der Waals surface area (Å²) in [6, 6.07) is 0.144.